The molecule has 148 valence electrons. The molecular weight excluding hydrogens is 368 g/mol. The smallest absolute Gasteiger partial charge is 0.265 e. The number of rotatable bonds is 4. The Labute approximate surface area is 169 Å². The minimum atomic E-state index is -1.02. The molecule has 3 aromatic rings. The van der Waals surface area contributed by atoms with Gasteiger partial charge in [0.05, 0.1) is 18.5 Å². The van der Waals surface area contributed by atoms with E-state index in [0.29, 0.717) is 17.1 Å². The largest absolute Gasteiger partial charge is 0.497 e. The zero-order valence-corrected chi connectivity index (χ0v) is 16.6. The molecule has 0 aromatic heterocycles. The van der Waals surface area contributed by atoms with Crippen LogP contribution in [0.4, 0.5) is 11.4 Å². The summed E-state index contributed by atoms with van der Waals surface area (Å²) in [6.07, 6.45) is 0. The predicted molar refractivity (Wildman–Crippen MR) is 113 cm³/mol. The van der Waals surface area contributed by atoms with Gasteiger partial charge in [0.25, 0.3) is 5.91 Å². The van der Waals surface area contributed by atoms with Crippen LogP contribution >= 0.6 is 0 Å². The van der Waals surface area contributed by atoms with E-state index < -0.39 is 5.54 Å². The predicted octanol–water partition coefficient (Wildman–Crippen LogP) is 3.99. The number of nitrogens with one attached hydrogen (secondary N) is 1. The Balaban J connectivity index is 1.58. The SMILES string of the molecule is COc1ccc2ccc(OCC(=O)N3c4ccccc4NC(=O)C3(C)C)cc2c1. The first-order valence-electron chi connectivity index (χ1n) is 9.34. The van der Waals surface area contributed by atoms with Gasteiger partial charge in [-0.3, -0.25) is 14.5 Å². The summed E-state index contributed by atoms with van der Waals surface area (Å²) < 4.78 is 11.0. The maximum absolute atomic E-state index is 13.1. The lowest BCUT2D eigenvalue weighted by Gasteiger charge is -2.41. The van der Waals surface area contributed by atoms with Crippen molar-refractivity contribution < 1.29 is 19.1 Å². The summed E-state index contributed by atoms with van der Waals surface area (Å²) in [6.45, 7) is 3.26. The number of fused-ring (bicyclic) bond motifs is 2. The van der Waals surface area contributed by atoms with Gasteiger partial charge in [-0.05, 0) is 61.0 Å². The molecule has 0 unspecified atom stereocenters. The van der Waals surface area contributed by atoms with E-state index in [1.165, 1.54) is 4.90 Å². The van der Waals surface area contributed by atoms with Crippen LogP contribution in [-0.2, 0) is 9.59 Å². The fraction of sp³-hybridized carbons (Fsp3) is 0.217. The molecule has 0 spiro atoms. The Morgan fingerprint density at radius 1 is 1.00 bits per heavy atom. The van der Waals surface area contributed by atoms with Crippen LogP contribution in [0.15, 0.2) is 60.7 Å². The van der Waals surface area contributed by atoms with E-state index in [9.17, 15) is 9.59 Å². The molecule has 0 saturated carbocycles. The molecule has 1 aliphatic heterocycles. The van der Waals surface area contributed by atoms with Gasteiger partial charge in [-0.1, -0.05) is 24.3 Å². The number of carbonyl (C=O) groups excluding carboxylic acids is 2. The number of methoxy groups -OCH3 is 1. The van der Waals surface area contributed by atoms with Crippen molar-refractivity contribution in [3.05, 3.63) is 60.7 Å². The molecule has 0 fully saturated rings. The highest BCUT2D eigenvalue weighted by atomic mass is 16.5. The number of amides is 2. The lowest BCUT2D eigenvalue weighted by molar-refractivity contribution is -0.127. The van der Waals surface area contributed by atoms with Crippen molar-refractivity contribution in [1.29, 1.82) is 0 Å². The monoisotopic (exact) mass is 390 g/mol. The summed E-state index contributed by atoms with van der Waals surface area (Å²) >= 11 is 0. The van der Waals surface area contributed by atoms with Gasteiger partial charge in [0, 0.05) is 0 Å². The molecule has 3 aromatic carbocycles. The van der Waals surface area contributed by atoms with Crippen LogP contribution in [-0.4, -0.2) is 31.1 Å². The van der Waals surface area contributed by atoms with Crippen molar-refractivity contribution in [2.45, 2.75) is 19.4 Å². The molecule has 2 amide bonds. The molecule has 4 rings (SSSR count). The Morgan fingerprint density at radius 3 is 2.45 bits per heavy atom. The summed E-state index contributed by atoms with van der Waals surface area (Å²) in [5.74, 6) is 0.806. The zero-order chi connectivity index (χ0) is 20.6. The van der Waals surface area contributed by atoms with Gasteiger partial charge in [0.15, 0.2) is 6.61 Å². The highest BCUT2D eigenvalue weighted by Gasteiger charge is 2.43. The molecule has 29 heavy (non-hydrogen) atoms. The molecule has 1 aliphatic rings. The number of nitrogens with zero attached hydrogens (tertiary/aromatic N) is 1. The van der Waals surface area contributed by atoms with Gasteiger partial charge in [0.1, 0.15) is 17.0 Å². The highest BCUT2D eigenvalue weighted by molar-refractivity contribution is 6.14. The Bertz CT molecular complexity index is 1110. The lowest BCUT2D eigenvalue weighted by atomic mass is 9.96. The minimum absolute atomic E-state index is 0.180. The van der Waals surface area contributed by atoms with Crippen molar-refractivity contribution in [3.8, 4) is 11.5 Å². The quantitative estimate of drug-likeness (QED) is 0.731. The number of benzene rings is 3. The number of anilines is 2. The van der Waals surface area contributed by atoms with Gasteiger partial charge >= 0.3 is 0 Å². The van der Waals surface area contributed by atoms with Crippen LogP contribution in [0.3, 0.4) is 0 Å². The van der Waals surface area contributed by atoms with Crippen molar-refractivity contribution in [3.63, 3.8) is 0 Å². The van der Waals surface area contributed by atoms with Crippen molar-refractivity contribution in [2.24, 2.45) is 0 Å². The molecule has 6 nitrogen and oxygen atoms in total. The molecular formula is C23H22N2O4. The van der Waals surface area contributed by atoms with Crippen LogP contribution < -0.4 is 19.7 Å². The van der Waals surface area contributed by atoms with E-state index in [-0.39, 0.29) is 18.4 Å². The third-order valence-electron chi connectivity index (χ3n) is 5.14. The van der Waals surface area contributed by atoms with Crippen LogP contribution in [0, 0.1) is 0 Å². The Morgan fingerprint density at radius 2 is 1.69 bits per heavy atom. The van der Waals surface area contributed by atoms with Crippen LogP contribution in [0.25, 0.3) is 10.8 Å². The topological polar surface area (TPSA) is 67.9 Å². The molecule has 0 saturated heterocycles. The molecule has 0 radical (unpaired) electrons. The average Bonchev–Trinajstić information content (AvgIpc) is 2.72. The van der Waals surface area contributed by atoms with E-state index in [2.05, 4.69) is 5.32 Å². The van der Waals surface area contributed by atoms with Crippen LogP contribution in [0.2, 0.25) is 0 Å². The Kier molecular flexibility index (Phi) is 4.62. The fourth-order valence-corrected chi connectivity index (χ4v) is 3.53. The van der Waals surface area contributed by atoms with E-state index >= 15 is 0 Å². The molecule has 1 N–H and O–H groups in total. The second-order valence-electron chi connectivity index (χ2n) is 7.42. The third kappa shape index (κ3) is 3.38. The molecule has 1 heterocycles. The first-order valence-corrected chi connectivity index (χ1v) is 9.34. The maximum Gasteiger partial charge on any atom is 0.265 e. The summed E-state index contributed by atoms with van der Waals surface area (Å²) in [5, 5.41) is 4.86. The Hall–Kier alpha value is -3.54. The lowest BCUT2D eigenvalue weighted by Crippen LogP contribution is -2.59. The molecule has 0 bridgehead atoms. The van der Waals surface area contributed by atoms with E-state index in [4.69, 9.17) is 9.47 Å². The van der Waals surface area contributed by atoms with Crippen molar-refractivity contribution in [2.75, 3.05) is 23.9 Å². The molecule has 6 heteroatoms. The summed E-state index contributed by atoms with van der Waals surface area (Å²) in [7, 11) is 1.62. The first-order chi connectivity index (χ1) is 13.9. The van der Waals surface area contributed by atoms with Gasteiger partial charge in [-0.25, -0.2) is 0 Å². The highest BCUT2D eigenvalue weighted by Crippen LogP contribution is 2.36. The standard InChI is InChI=1S/C23H22N2O4/c1-23(2)22(27)24-19-6-4-5-7-20(19)25(23)21(26)14-29-18-11-9-15-8-10-17(28-3)12-16(15)13-18/h4-13H,14H2,1-3H3,(H,24,27). The second-order valence-corrected chi connectivity index (χ2v) is 7.42. The molecule has 0 aliphatic carbocycles. The minimum Gasteiger partial charge on any atom is -0.497 e. The van der Waals surface area contributed by atoms with Crippen molar-refractivity contribution in [1.82, 2.24) is 0 Å². The summed E-state index contributed by atoms with van der Waals surface area (Å²) in [5.41, 5.74) is 0.253. The molecule has 0 atom stereocenters. The van der Waals surface area contributed by atoms with E-state index in [1.807, 2.05) is 54.6 Å². The maximum atomic E-state index is 13.1. The van der Waals surface area contributed by atoms with Gasteiger partial charge in [0.2, 0.25) is 5.91 Å². The van der Waals surface area contributed by atoms with E-state index in [0.717, 1.165) is 16.5 Å². The second kappa shape index (κ2) is 7.13. The number of hydrogen-bond acceptors (Lipinski definition) is 4. The number of ether oxygens (including phenoxy) is 2. The number of carbonyl (C=O) groups is 2. The summed E-state index contributed by atoms with van der Waals surface area (Å²) in [4.78, 5) is 27.1. The summed E-state index contributed by atoms with van der Waals surface area (Å²) in [6, 6.07) is 18.7. The third-order valence-corrected chi connectivity index (χ3v) is 5.14. The van der Waals surface area contributed by atoms with Crippen LogP contribution in [0.1, 0.15) is 13.8 Å². The fourth-order valence-electron chi connectivity index (χ4n) is 3.53. The normalized spacial score (nSPS) is 14.9. The van der Waals surface area contributed by atoms with Gasteiger partial charge < -0.3 is 14.8 Å². The van der Waals surface area contributed by atoms with Crippen LogP contribution in [0.5, 0.6) is 11.5 Å². The van der Waals surface area contributed by atoms with Gasteiger partial charge in [-0.2, -0.15) is 0 Å². The average molecular weight is 390 g/mol. The van der Waals surface area contributed by atoms with Crippen molar-refractivity contribution >= 4 is 34.0 Å². The van der Waals surface area contributed by atoms with E-state index in [1.54, 1.807) is 27.0 Å². The number of hydrogen-bond donors (Lipinski definition) is 1. The van der Waals surface area contributed by atoms with Gasteiger partial charge in [-0.15, -0.1) is 0 Å². The number of para-hydroxylation sites is 2. The first kappa shape index (κ1) is 18.8. The zero-order valence-electron chi connectivity index (χ0n) is 16.6.